The third-order valence-electron chi connectivity index (χ3n) is 2.97. The van der Waals surface area contributed by atoms with E-state index < -0.39 is 0 Å². The van der Waals surface area contributed by atoms with Gasteiger partial charge in [0.25, 0.3) is 0 Å². The largest absolute Gasteiger partial charge is 0.497 e. The number of rotatable bonds is 7. The molecule has 20 heavy (non-hydrogen) atoms. The highest BCUT2D eigenvalue weighted by molar-refractivity contribution is 5.56. The summed E-state index contributed by atoms with van der Waals surface area (Å²) in [5, 5.41) is 3.41. The fraction of sp³-hybridized carbons (Fsp3) is 0.294. The summed E-state index contributed by atoms with van der Waals surface area (Å²) >= 11 is 0. The van der Waals surface area contributed by atoms with Gasteiger partial charge in [0, 0.05) is 6.54 Å². The molecule has 3 nitrogen and oxygen atoms in total. The summed E-state index contributed by atoms with van der Waals surface area (Å²) in [6.07, 6.45) is 1.00. The highest BCUT2D eigenvalue weighted by atomic mass is 16.5. The van der Waals surface area contributed by atoms with Crippen LogP contribution in [0.5, 0.6) is 11.5 Å². The molecule has 0 aromatic heterocycles. The van der Waals surface area contributed by atoms with Crippen molar-refractivity contribution in [3.05, 3.63) is 54.1 Å². The van der Waals surface area contributed by atoms with Gasteiger partial charge in [-0.3, -0.25) is 0 Å². The van der Waals surface area contributed by atoms with Gasteiger partial charge in [-0.2, -0.15) is 0 Å². The standard InChI is InChI=1S/C17H21NO2/c1-3-11-20-17-10-5-4-9-16(17)18-13-14-7-6-8-15(12-14)19-2/h4-10,12,18H,3,11,13H2,1-2H3. The van der Waals surface area contributed by atoms with Crippen molar-refractivity contribution in [2.45, 2.75) is 19.9 Å². The van der Waals surface area contributed by atoms with Gasteiger partial charge in [0.1, 0.15) is 11.5 Å². The van der Waals surface area contributed by atoms with Crippen LogP contribution in [0.2, 0.25) is 0 Å². The second kappa shape index (κ2) is 7.43. The summed E-state index contributed by atoms with van der Waals surface area (Å²) in [4.78, 5) is 0. The molecule has 0 unspecified atom stereocenters. The molecular formula is C17H21NO2. The van der Waals surface area contributed by atoms with Crippen LogP contribution in [0.3, 0.4) is 0 Å². The van der Waals surface area contributed by atoms with Crippen molar-refractivity contribution in [2.75, 3.05) is 19.0 Å². The first-order chi connectivity index (χ1) is 9.83. The minimum absolute atomic E-state index is 0.734. The van der Waals surface area contributed by atoms with E-state index in [1.165, 1.54) is 5.56 Å². The predicted molar refractivity (Wildman–Crippen MR) is 82.5 cm³/mol. The van der Waals surface area contributed by atoms with Crippen molar-refractivity contribution in [1.82, 2.24) is 0 Å². The zero-order valence-electron chi connectivity index (χ0n) is 12.1. The fourth-order valence-corrected chi connectivity index (χ4v) is 1.93. The number of hydrogen-bond donors (Lipinski definition) is 1. The van der Waals surface area contributed by atoms with Crippen LogP contribution in [0.15, 0.2) is 48.5 Å². The first-order valence-corrected chi connectivity index (χ1v) is 6.92. The molecule has 0 heterocycles. The van der Waals surface area contributed by atoms with Crippen LogP contribution in [0.1, 0.15) is 18.9 Å². The van der Waals surface area contributed by atoms with Crippen LogP contribution in [0.4, 0.5) is 5.69 Å². The van der Waals surface area contributed by atoms with Gasteiger partial charge in [0.15, 0.2) is 0 Å². The van der Waals surface area contributed by atoms with E-state index in [-0.39, 0.29) is 0 Å². The van der Waals surface area contributed by atoms with E-state index in [2.05, 4.69) is 18.3 Å². The van der Waals surface area contributed by atoms with E-state index in [1.54, 1.807) is 7.11 Å². The van der Waals surface area contributed by atoms with Crippen molar-refractivity contribution in [2.24, 2.45) is 0 Å². The number of para-hydroxylation sites is 2. The molecule has 0 aliphatic heterocycles. The maximum Gasteiger partial charge on any atom is 0.142 e. The highest BCUT2D eigenvalue weighted by Crippen LogP contribution is 2.24. The Kier molecular flexibility index (Phi) is 5.30. The predicted octanol–water partition coefficient (Wildman–Crippen LogP) is 4.10. The minimum atomic E-state index is 0.734. The van der Waals surface area contributed by atoms with Crippen LogP contribution in [-0.4, -0.2) is 13.7 Å². The summed E-state index contributed by atoms with van der Waals surface area (Å²) in [5.41, 5.74) is 2.19. The smallest absolute Gasteiger partial charge is 0.142 e. The van der Waals surface area contributed by atoms with Crippen LogP contribution in [0.25, 0.3) is 0 Å². The number of methoxy groups -OCH3 is 1. The molecule has 2 rings (SSSR count). The van der Waals surface area contributed by atoms with Crippen LogP contribution in [-0.2, 0) is 6.54 Å². The summed E-state index contributed by atoms with van der Waals surface area (Å²) in [6.45, 7) is 3.58. The van der Waals surface area contributed by atoms with E-state index in [1.807, 2.05) is 42.5 Å². The lowest BCUT2D eigenvalue weighted by Gasteiger charge is -2.13. The van der Waals surface area contributed by atoms with Crippen molar-refractivity contribution >= 4 is 5.69 Å². The van der Waals surface area contributed by atoms with Gasteiger partial charge in [-0.1, -0.05) is 31.2 Å². The molecule has 0 fully saturated rings. The molecule has 1 N–H and O–H groups in total. The lowest BCUT2D eigenvalue weighted by atomic mass is 10.2. The van der Waals surface area contributed by atoms with Gasteiger partial charge < -0.3 is 14.8 Å². The molecule has 0 amide bonds. The Morgan fingerprint density at radius 3 is 2.70 bits per heavy atom. The SMILES string of the molecule is CCCOc1ccccc1NCc1cccc(OC)c1. The maximum atomic E-state index is 5.73. The van der Waals surface area contributed by atoms with E-state index >= 15 is 0 Å². The van der Waals surface area contributed by atoms with Gasteiger partial charge in [0.2, 0.25) is 0 Å². The Balaban J connectivity index is 2.02. The molecule has 0 aliphatic carbocycles. The molecule has 0 saturated heterocycles. The molecule has 3 heteroatoms. The molecule has 0 aliphatic rings. The average molecular weight is 271 g/mol. The lowest BCUT2D eigenvalue weighted by molar-refractivity contribution is 0.319. The van der Waals surface area contributed by atoms with Crippen molar-refractivity contribution in [1.29, 1.82) is 0 Å². The Labute approximate surface area is 120 Å². The maximum absolute atomic E-state index is 5.73. The Bertz CT molecular complexity index is 540. The monoisotopic (exact) mass is 271 g/mol. The zero-order chi connectivity index (χ0) is 14.2. The average Bonchev–Trinajstić information content (AvgIpc) is 2.52. The molecule has 106 valence electrons. The lowest BCUT2D eigenvalue weighted by Crippen LogP contribution is -2.03. The van der Waals surface area contributed by atoms with E-state index in [4.69, 9.17) is 9.47 Å². The molecule has 0 spiro atoms. The number of nitrogens with one attached hydrogen (secondary N) is 1. The van der Waals surface area contributed by atoms with Crippen LogP contribution in [0, 0.1) is 0 Å². The Hall–Kier alpha value is -2.16. The molecule has 2 aromatic carbocycles. The second-order valence-electron chi connectivity index (χ2n) is 4.55. The molecule has 0 bridgehead atoms. The van der Waals surface area contributed by atoms with Gasteiger partial charge >= 0.3 is 0 Å². The summed E-state index contributed by atoms with van der Waals surface area (Å²) in [5.74, 6) is 1.78. The summed E-state index contributed by atoms with van der Waals surface area (Å²) in [7, 11) is 1.68. The Morgan fingerprint density at radius 1 is 1.05 bits per heavy atom. The number of ether oxygens (including phenoxy) is 2. The van der Waals surface area contributed by atoms with Crippen molar-refractivity contribution < 1.29 is 9.47 Å². The first-order valence-electron chi connectivity index (χ1n) is 6.92. The summed E-state index contributed by atoms with van der Waals surface area (Å²) in [6, 6.07) is 16.1. The topological polar surface area (TPSA) is 30.5 Å². The highest BCUT2D eigenvalue weighted by Gasteiger charge is 2.02. The van der Waals surface area contributed by atoms with Gasteiger partial charge in [-0.25, -0.2) is 0 Å². The quantitative estimate of drug-likeness (QED) is 0.822. The fourth-order valence-electron chi connectivity index (χ4n) is 1.93. The van der Waals surface area contributed by atoms with Gasteiger partial charge in [-0.15, -0.1) is 0 Å². The molecule has 0 atom stereocenters. The van der Waals surface area contributed by atoms with E-state index in [0.717, 1.165) is 36.8 Å². The third-order valence-corrected chi connectivity index (χ3v) is 2.97. The van der Waals surface area contributed by atoms with E-state index in [9.17, 15) is 0 Å². The third kappa shape index (κ3) is 3.92. The second-order valence-corrected chi connectivity index (χ2v) is 4.55. The van der Waals surface area contributed by atoms with Gasteiger partial charge in [-0.05, 0) is 36.2 Å². The van der Waals surface area contributed by atoms with Crippen LogP contribution >= 0.6 is 0 Å². The number of anilines is 1. The van der Waals surface area contributed by atoms with Crippen molar-refractivity contribution in [3.8, 4) is 11.5 Å². The zero-order valence-corrected chi connectivity index (χ0v) is 12.1. The Morgan fingerprint density at radius 2 is 1.90 bits per heavy atom. The molecule has 0 radical (unpaired) electrons. The normalized spacial score (nSPS) is 10.1. The number of hydrogen-bond acceptors (Lipinski definition) is 3. The van der Waals surface area contributed by atoms with Crippen molar-refractivity contribution in [3.63, 3.8) is 0 Å². The first kappa shape index (κ1) is 14.3. The van der Waals surface area contributed by atoms with E-state index in [0.29, 0.717) is 0 Å². The molecule has 0 saturated carbocycles. The molecule has 2 aromatic rings. The minimum Gasteiger partial charge on any atom is -0.497 e. The summed E-state index contributed by atoms with van der Waals surface area (Å²) < 4.78 is 11.0. The van der Waals surface area contributed by atoms with Gasteiger partial charge in [0.05, 0.1) is 19.4 Å². The molecular weight excluding hydrogens is 250 g/mol. The van der Waals surface area contributed by atoms with Crippen LogP contribution < -0.4 is 14.8 Å². The number of benzene rings is 2.